The van der Waals surface area contributed by atoms with Crippen LogP contribution in [0.5, 0.6) is 0 Å². The van der Waals surface area contributed by atoms with Crippen LogP contribution in [0.15, 0.2) is 11.2 Å². The molecule has 0 atom stereocenters. The van der Waals surface area contributed by atoms with E-state index in [4.69, 9.17) is 10.6 Å². The highest BCUT2D eigenvalue weighted by Gasteiger charge is 2.00. The van der Waals surface area contributed by atoms with Crippen LogP contribution < -0.4 is 16.6 Å². The summed E-state index contributed by atoms with van der Waals surface area (Å²) in [6.45, 7) is 6.74. The van der Waals surface area contributed by atoms with Crippen LogP contribution in [-0.2, 0) is 11.3 Å². The third kappa shape index (κ3) is 5.15. The average molecular weight is 254 g/mol. The van der Waals surface area contributed by atoms with Gasteiger partial charge in [0, 0.05) is 31.0 Å². The van der Waals surface area contributed by atoms with Crippen molar-refractivity contribution in [1.29, 1.82) is 0 Å². The molecular formula is C11H22N6O. The fourth-order valence-electron chi connectivity index (χ4n) is 1.38. The number of hydrogen-bond acceptors (Lipinski definition) is 4. The van der Waals surface area contributed by atoms with Crippen LogP contribution in [0.1, 0.15) is 24.6 Å². The molecule has 0 bridgehead atoms. The summed E-state index contributed by atoms with van der Waals surface area (Å²) in [6, 6.07) is 0. The first kappa shape index (κ1) is 14.5. The molecule has 18 heavy (non-hydrogen) atoms. The highest BCUT2D eigenvalue weighted by molar-refractivity contribution is 5.79. The Balaban J connectivity index is 2.29. The van der Waals surface area contributed by atoms with Gasteiger partial charge >= 0.3 is 0 Å². The molecule has 1 heterocycles. The van der Waals surface area contributed by atoms with Gasteiger partial charge in [-0.1, -0.05) is 0 Å². The summed E-state index contributed by atoms with van der Waals surface area (Å²) in [5.41, 5.74) is 4.62. The molecule has 0 aliphatic rings. The molecule has 1 aromatic heterocycles. The molecule has 7 heteroatoms. The molecule has 0 spiro atoms. The molecule has 0 aliphatic heterocycles. The molecule has 0 fully saturated rings. The number of hydrazine groups is 1. The van der Waals surface area contributed by atoms with Gasteiger partial charge in [0.2, 0.25) is 5.96 Å². The summed E-state index contributed by atoms with van der Waals surface area (Å²) in [4.78, 5) is 4.33. The van der Waals surface area contributed by atoms with Gasteiger partial charge in [0.05, 0.1) is 12.7 Å². The van der Waals surface area contributed by atoms with Gasteiger partial charge < -0.3 is 10.1 Å². The van der Waals surface area contributed by atoms with E-state index in [1.54, 1.807) is 6.20 Å². The topological polar surface area (TPSA) is 100 Å². The quantitative estimate of drug-likeness (QED) is 0.181. The van der Waals surface area contributed by atoms with Crippen LogP contribution in [0.3, 0.4) is 0 Å². The van der Waals surface area contributed by atoms with E-state index in [1.807, 2.05) is 13.8 Å². The molecule has 0 aromatic carbocycles. The normalized spacial score (nSPS) is 11.6. The number of aliphatic imine (C=N–C) groups is 1. The minimum Gasteiger partial charge on any atom is -0.382 e. The Labute approximate surface area is 107 Å². The van der Waals surface area contributed by atoms with Gasteiger partial charge in [-0.3, -0.25) is 10.5 Å². The summed E-state index contributed by atoms with van der Waals surface area (Å²) in [6.07, 6.45) is 2.68. The largest absolute Gasteiger partial charge is 0.382 e. The Morgan fingerprint density at radius 2 is 2.44 bits per heavy atom. The average Bonchev–Trinajstić information content (AvgIpc) is 2.78. The maximum Gasteiger partial charge on any atom is 0.206 e. The van der Waals surface area contributed by atoms with Crippen molar-refractivity contribution in [3.8, 4) is 0 Å². The number of nitrogens with one attached hydrogen (secondary N) is 3. The van der Waals surface area contributed by atoms with Gasteiger partial charge in [0.15, 0.2) is 0 Å². The molecule has 5 N–H and O–H groups in total. The maximum atomic E-state index is 5.39. The fourth-order valence-corrected chi connectivity index (χ4v) is 1.38. The number of rotatable bonds is 7. The zero-order chi connectivity index (χ0) is 13.2. The molecule has 7 nitrogen and oxygen atoms in total. The van der Waals surface area contributed by atoms with Crippen molar-refractivity contribution in [2.24, 2.45) is 10.8 Å². The van der Waals surface area contributed by atoms with Crippen LogP contribution in [0.25, 0.3) is 0 Å². The van der Waals surface area contributed by atoms with Crippen molar-refractivity contribution >= 4 is 5.96 Å². The molecule has 0 saturated carbocycles. The predicted molar refractivity (Wildman–Crippen MR) is 70.9 cm³/mol. The van der Waals surface area contributed by atoms with E-state index < -0.39 is 0 Å². The molecular weight excluding hydrogens is 232 g/mol. The lowest BCUT2D eigenvalue weighted by Gasteiger charge is -2.08. The SMILES string of the molecule is CCOCCCNC(=NCc1cn[nH]c1C)NN. The highest BCUT2D eigenvalue weighted by Crippen LogP contribution is 2.03. The lowest BCUT2D eigenvalue weighted by molar-refractivity contribution is 0.145. The maximum absolute atomic E-state index is 5.39. The standard InChI is InChI=1S/C11H22N6O/c1-3-18-6-4-5-13-11(16-12)14-7-10-8-15-17-9(10)2/h8H,3-7,12H2,1-2H3,(H,15,17)(H2,13,14,16). The van der Waals surface area contributed by atoms with E-state index in [2.05, 4.69) is 25.9 Å². The van der Waals surface area contributed by atoms with E-state index in [0.29, 0.717) is 12.5 Å². The van der Waals surface area contributed by atoms with Crippen LogP contribution in [0.4, 0.5) is 0 Å². The number of guanidine groups is 1. The van der Waals surface area contributed by atoms with Crippen molar-refractivity contribution in [1.82, 2.24) is 20.9 Å². The number of aryl methyl sites for hydroxylation is 1. The highest BCUT2D eigenvalue weighted by atomic mass is 16.5. The van der Waals surface area contributed by atoms with Crippen LogP contribution >= 0.6 is 0 Å². The minimum atomic E-state index is 0.542. The molecule has 0 radical (unpaired) electrons. The smallest absolute Gasteiger partial charge is 0.206 e. The third-order valence-corrected chi connectivity index (χ3v) is 2.44. The minimum absolute atomic E-state index is 0.542. The first-order valence-corrected chi connectivity index (χ1v) is 6.09. The second-order valence-corrected chi connectivity index (χ2v) is 3.81. The van der Waals surface area contributed by atoms with Crippen LogP contribution in [-0.4, -0.2) is 35.9 Å². The summed E-state index contributed by atoms with van der Waals surface area (Å²) in [7, 11) is 0. The van der Waals surface area contributed by atoms with Gasteiger partial charge in [-0.05, 0) is 20.3 Å². The second-order valence-electron chi connectivity index (χ2n) is 3.81. The first-order chi connectivity index (χ1) is 8.77. The van der Waals surface area contributed by atoms with Gasteiger partial charge in [-0.25, -0.2) is 10.8 Å². The van der Waals surface area contributed by atoms with Gasteiger partial charge in [0.25, 0.3) is 0 Å². The van der Waals surface area contributed by atoms with Crippen molar-refractivity contribution < 1.29 is 4.74 Å². The summed E-state index contributed by atoms with van der Waals surface area (Å²) >= 11 is 0. The second kappa shape index (κ2) is 8.48. The van der Waals surface area contributed by atoms with Gasteiger partial charge in [0.1, 0.15) is 0 Å². The Hall–Kier alpha value is -1.60. The summed E-state index contributed by atoms with van der Waals surface area (Å²) < 4.78 is 5.24. The summed E-state index contributed by atoms with van der Waals surface area (Å²) in [5.74, 6) is 5.97. The third-order valence-electron chi connectivity index (χ3n) is 2.44. The van der Waals surface area contributed by atoms with Crippen molar-refractivity contribution in [3.63, 3.8) is 0 Å². The first-order valence-electron chi connectivity index (χ1n) is 6.09. The molecule has 0 amide bonds. The Bertz CT molecular complexity index is 362. The van der Waals surface area contributed by atoms with Gasteiger partial charge in [-0.2, -0.15) is 5.10 Å². The number of nitrogens with two attached hydrogens (primary N) is 1. The number of nitrogens with zero attached hydrogens (tertiary/aromatic N) is 2. The number of hydrogen-bond donors (Lipinski definition) is 4. The van der Waals surface area contributed by atoms with Crippen LogP contribution in [0.2, 0.25) is 0 Å². The zero-order valence-electron chi connectivity index (χ0n) is 11.0. The zero-order valence-corrected chi connectivity index (χ0v) is 11.0. The molecule has 0 aliphatic carbocycles. The molecule has 1 rings (SSSR count). The van der Waals surface area contributed by atoms with Crippen molar-refractivity contribution in [2.75, 3.05) is 19.8 Å². The summed E-state index contributed by atoms with van der Waals surface area (Å²) in [5, 5.41) is 9.92. The van der Waals surface area contributed by atoms with E-state index in [0.717, 1.165) is 37.4 Å². The fraction of sp³-hybridized carbons (Fsp3) is 0.636. The number of ether oxygens (including phenoxy) is 1. The van der Waals surface area contributed by atoms with Crippen molar-refractivity contribution in [3.05, 3.63) is 17.5 Å². The molecule has 102 valence electrons. The van der Waals surface area contributed by atoms with E-state index in [9.17, 15) is 0 Å². The molecule has 1 aromatic rings. The van der Waals surface area contributed by atoms with Crippen molar-refractivity contribution in [2.45, 2.75) is 26.8 Å². The predicted octanol–water partition coefficient (Wildman–Crippen LogP) is 0.0536. The number of aromatic nitrogens is 2. The van der Waals surface area contributed by atoms with E-state index in [1.165, 1.54) is 0 Å². The van der Waals surface area contributed by atoms with Gasteiger partial charge in [-0.15, -0.1) is 0 Å². The molecule has 0 unspecified atom stereocenters. The molecule has 0 saturated heterocycles. The van der Waals surface area contributed by atoms with E-state index >= 15 is 0 Å². The monoisotopic (exact) mass is 254 g/mol. The Kier molecular flexibility index (Phi) is 6.82. The lowest BCUT2D eigenvalue weighted by Crippen LogP contribution is -2.42. The lowest BCUT2D eigenvalue weighted by atomic mass is 10.3. The van der Waals surface area contributed by atoms with E-state index in [-0.39, 0.29) is 0 Å². The van der Waals surface area contributed by atoms with Crippen LogP contribution in [0, 0.1) is 6.92 Å². The number of aromatic amines is 1. The Morgan fingerprint density at radius 3 is 3.06 bits per heavy atom. The number of H-pyrrole nitrogens is 1. The Morgan fingerprint density at radius 1 is 1.61 bits per heavy atom.